The molecule has 0 aromatic heterocycles. The zero-order valence-electron chi connectivity index (χ0n) is 11.8. The fraction of sp³-hybridized carbons (Fsp3) is 0.625. The second-order valence-corrected chi connectivity index (χ2v) is 7.58. The van der Waals surface area contributed by atoms with Gasteiger partial charge < -0.3 is 5.11 Å². The summed E-state index contributed by atoms with van der Waals surface area (Å²) >= 11 is 0. The number of aliphatic hydroxyl groups excluding tert-OH is 1. The van der Waals surface area contributed by atoms with Crippen molar-refractivity contribution in [2.24, 2.45) is 10.8 Å². The fourth-order valence-corrected chi connectivity index (χ4v) is 5.37. The van der Waals surface area contributed by atoms with Crippen molar-refractivity contribution in [2.75, 3.05) is 26.2 Å². The van der Waals surface area contributed by atoms with E-state index >= 15 is 0 Å². The summed E-state index contributed by atoms with van der Waals surface area (Å²) in [6.07, 6.45) is 0.457. The van der Waals surface area contributed by atoms with E-state index in [1.807, 2.05) is 0 Å². The maximum Gasteiger partial charge on any atom is 0.240 e. The normalized spacial score (nSPS) is 51.5. The molecular weight excluding hydrogens is 236 g/mol. The van der Waals surface area contributed by atoms with Crippen LogP contribution < -0.4 is 9.80 Å². The molecule has 1 aromatic carbocycles. The first-order valence-corrected chi connectivity index (χ1v) is 7.44. The summed E-state index contributed by atoms with van der Waals surface area (Å²) in [5, 5.41) is 10.7. The minimum Gasteiger partial charge on any atom is -0.391 e. The Morgan fingerprint density at radius 1 is 0.947 bits per heavy atom. The molecule has 1 aromatic rings. The predicted molar refractivity (Wildman–Crippen MR) is 72.8 cm³/mol. The lowest BCUT2D eigenvalue weighted by Gasteiger charge is -2.62. The maximum absolute atomic E-state index is 10.7. The Balaban J connectivity index is 1.74. The molecule has 0 amide bonds. The summed E-state index contributed by atoms with van der Waals surface area (Å²) < 4.78 is 0. The van der Waals surface area contributed by atoms with Gasteiger partial charge >= 0.3 is 0 Å². The number of rotatable bonds is 1. The smallest absolute Gasteiger partial charge is 0.240 e. The molecule has 0 unspecified atom stereocenters. The zero-order chi connectivity index (χ0) is 13.3. The molecule has 19 heavy (non-hydrogen) atoms. The number of nitrogens with one attached hydrogen (secondary N) is 2. The van der Waals surface area contributed by atoms with E-state index in [9.17, 15) is 5.11 Å². The van der Waals surface area contributed by atoms with Crippen LogP contribution in [0.4, 0.5) is 0 Å². The largest absolute Gasteiger partial charge is 0.391 e. The highest BCUT2D eigenvalue weighted by atomic mass is 16.3. The highest BCUT2D eigenvalue weighted by Crippen LogP contribution is 2.39. The van der Waals surface area contributed by atoms with Crippen LogP contribution in [-0.2, 0) is 0 Å². The van der Waals surface area contributed by atoms with Gasteiger partial charge in [-0.1, -0.05) is 18.2 Å². The number of quaternary nitrogens is 2. The summed E-state index contributed by atoms with van der Waals surface area (Å²) in [5.41, 5.74) is 1.69. The molecule has 0 saturated carbocycles. The molecule has 4 saturated heterocycles. The third kappa shape index (κ3) is 1.49. The van der Waals surface area contributed by atoms with Gasteiger partial charge in [-0.05, 0) is 26.0 Å². The van der Waals surface area contributed by atoms with Gasteiger partial charge in [0.25, 0.3) is 0 Å². The molecule has 4 aliphatic heterocycles. The Hall–Kier alpha value is -0.900. The van der Waals surface area contributed by atoms with Crippen LogP contribution >= 0.6 is 0 Å². The van der Waals surface area contributed by atoms with E-state index in [0.717, 1.165) is 26.2 Å². The Morgan fingerprint density at radius 3 is 1.89 bits per heavy atom. The molecular formula is C16H24N2O+2. The van der Waals surface area contributed by atoms with E-state index in [0.29, 0.717) is 6.17 Å². The molecule has 5 rings (SSSR count). The van der Waals surface area contributed by atoms with E-state index < -0.39 is 0 Å². The number of hydrogen-bond donors (Lipinski definition) is 3. The van der Waals surface area contributed by atoms with Crippen LogP contribution in [0.1, 0.15) is 25.6 Å². The van der Waals surface area contributed by atoms with Gasteiger partial charge in [-0.15, -0.1) is 0 Å². The van der Waals surface area contributed by atoms with Gasteiger partial charge in [-0.25, -0.2) is 0 Å². The number of benzene rings is 1. The second-order valence-electron chi connectivity index (χ2n) is 7.58. The van der Waals surface area contributed by atoms with Crippen LogP contribution in [0.2, 0.25) is 0 Å². The molecule has 3 N–H and O–H groups in total. The van der Waals surface area contributed by atoms with E-state index in [2.05, 4.69) is 44.2 Å². The molecule has 0 spiro atoms. The molecule has 102 valence electrons. The summed E-state index contributed by atoms with van der Waals surface area (Å²) in [7, 11) is 0. The average molecular weight is 260 g/mol. The minimum absolute atomic E-state index is 0.112. The van der Waals surface area contributed by atoms with Gasteiger partial charge in [0.2, 0.25) is 6.17 Å². The molecule has 4 fully saturated rings. The SMILES string of the molecule is CC12C[NH+]3CC(C)(C[NH+](C1)C3c1ccccc1)C2O. The van der Waals surface area contributed by atoms with Crippen molar-refractivity contribution in [2.45, 2.75) is 26.1 Å². The molecule has 0 radical (unpaired) electrons. The summed E-state index contributed by atoms with van der Waals surface area (Å²) in [5.74, 6) is 0. The van der Waals surface area contributed by atoms with Crippen molar-refractivity contribution in [3.05, 3.63) is 35.9 Å². The first-order valence-electron chi connectivity index (χ1n) is 7.44. The highest BCUT2D eigenvalue weighted by molar-refractivity contribution is 5.16. The lowest BCUT2D eigenvalue weighted by Crippen LogP contribution is -3.41. The van der Waals surface area contributed by atoms with Gasteiger partial charge in [-0.3, -0.25) is 9.80 Å². The van der Waals surface area contributed by atoms with Crippen molar-refractivity contribution in [1.82, 2.24) is 0 Å². The molecule has 4 heterocycles. The zero-order valence-corrected chi connectivity index (χ0v) is 11.8. The second kappa shape index (κ2) is 3.60. The molecule has 0 aliphatic carbocycles. The Kier molecular flexibility index (Phi) is 2.25. The third-order valence-corrected chi connectivity index (χ3v) is 5.79. The summed E-state index contributed by atoms with van der Waals surface area (Å²) in [4.78, 5) is 3.35. The number of piperidine rings is 2. The first kappa shape index (κ1) is 11.9. The van der Waals surface area contributed by atoms with Crippen molar-refractivity contribution in [3.63, 3.8) is 0 Å². The van der Waals surface area contributed by atoms with E-state index in [4.69, 9.17) is 0 Å². The van der Waals surface area contributed by atoms with Crippen LogP contribution in [0.5, 0.6) is 0 Å². The third-order valence-electron chi connectivity index (χ3n) is 5.79. The van der Waals surface area contributed by atoms with Crippen molar-refractivity contribution in [1.29, 1.82) is 0 Å². The summed E-state index contributed by atoms with van der Waals surface area (Å²) in [6.45, 7) is 9.05. The Bertz CT molecular complexity index is 463. The van der Waals surface area contributed by atoms with Crippen LogP contribution in [0.25, 0.3) is 0 Å². The fourth-order valence-electron chi connectivity index (χ4n) is 5.37. The topological polar surface area (TPSA) is 29.1 Å². The van der Waals surface area contributed by atoms with Crippen molar-refractivity contribution >= 4 is 0 Å². The van der Waals surface area contributed by atoms with Crippen molar-refractivity contribution < 1.29 is 14.9 Å². The van der Waals surface area contributed by atoms with Crippen molar-refractivity contribution in [3.8, 4) is 0 Å². The van der Waals surface area contributed by atoms with Crippen LogP contribution in [0.15, 0.2) is 30.3 Å². The number of aliphatic hydroxyl groups is 1. The quantitative estimate of drug-likeness (QED) is 0.586. The standard InChI is InChI=1S/C16H22N2O/c1-15-8-17-10-16(2,14(15)19)11-18(9-15)13(17)12-6-4-3-5-7-12/h3-7,13-14,19H,8-11H2,1-2H3/p+2. The van der Waals surface area contributed by atoms with Crippen LogP contribution in [0.3, 0.4) is 0 Å². The Morgan fingerprint density at radius 2 is 1.42 bits per heavy atom. The molecule has 0 atom stereocenters. The first-order chi connectivity index (χ1) is 9.02. The highest BCUT2D eigenvalue weighted by Gasteiger charge is 2.67. The van der Waals surface area contributed by atoms with Crippen LogP contribution in [-0.4, -0.2) is 37.4 Å². The number of hydrogen-bond acceptors (Lipinski definition) is 1. The van der Waals surface area contributed by atoms with Gasteiger partial charge in [0, 0.05) is 0 Å². The van der Waals surface area contributed by atoms with Gasteiger partial charge in [0.05, 0.1) is 48.7 Å². The average Bonchev–Trinajstić information content (AvgIpc) is 2.36. The Labute approximate surface area is 114 Å². The summed E-state index contributed by atoms with van der Waals surface area (Å²) in [6, 6.07) is 10.9. The molecule has 4 aliphatic rings. The molecule has 3 nitrogen and oxygen atoms in total. The van der Waals surface area contributed by atoms with E-state index in [-0.39, 0.29) is 16.9 Å². The van der Waals surface area contributed by atoms with E-state index in [1.54, 1.807) is 9.80 Å². The molecule has 3 heteroatoms. The minimum atomic E-state index is -0.121. The molecule has 4 bridgehead atoms. The lowest BCUT2D eigenvalue weighted by atomic mass is 9.60. The van der Waals surface area contributed by atoms with Gasteiger partial charge in [0.1, 0.15) is 0 Å². The predicted octanol–water partition coefficient (Wildman–Crippen LogP) is -1.13. The maximum atomic E-state index is 10.7. The van der Waals surface area contributed by atoms with Gasteiger partial charge in [0.15, 0.2) is 0 Å². The van der Waals surface area contributed by atoms with Crippen LogP contribution in [0, 0.1) is 10.8 Å². The van der Waals surface area contributed by atoms with Gasteiger partial charge in [-0.2, -0.15) is 0 Å². The monoisotopic (exact) mass is 260 g/mol. The van der Waals surface area contributed by atoms with E-state index in [1.165, 1.54) is 5.56 Å². The lowest BCUT2D eigenvalue weighted by molar-refractivity contribution is -1.19.